The fourth-order valence-electron chi connectivity index (χ4n) is 2.34. The third kappa shape index (κ3) is 3.81. The van der Waals surface area contributed by atoms with E-state index in [0.717, 1.165) is 38.4 Å². The molecule has 110 valence electrons. The number of aromatic nitrogens is 2. The van der Waals surface area contributed by atoms with Crippen molar-refractivity contribution >= 4 is 10.9 Å². The first-order valence-corrected chi connectivity index (χ1v) is 7.36. The maximum Gasteiger partial charge on any atom is 0.0841 e. The fraction of sp³-hybridized carbons (Fsp3) is 0.562. The quantitative estimate of drug-likeness (QED) is 0.753. The lowest BCUT2D eigenvalue weighted by Gasteiger charge is -2.05. The van der Waals surface area contributed by atoms with E-state index in [2.05, 4.69) is 48.1 Å². The van der Waals surface area contributed by atoms with Gasteiger partial charge in [-0.15, -0.1) is 0 Å². The number of nitrogens with one attached hydrogen (secondary N) is 1. The molecule has 0 atom stereocenters. The van der Waals surface area contributed by atoms with Crippen molar-refractivity contribution in [2.75, 3.05) is 20.3 Å². The van der Waals surface area contributed by atoms with Crippen LogP contribution in [0.3, 0.4) is 0 Å². The summed E-state index contributed by atoms with van der Waals surface area (Å²) in [5, 5.41) is 9.48. The van der Waals surface area contributed by atoms with Crippen LogP contribution in [0.5, 0.6) is 0 Å². The van der Waals surface area contributed by atoms with E-state index in [9.17, 15) is 0 Å². The molecule has 2 rings (SSSR count). The first kappa shape index (κ1) is 15.0. The summed E-state index contributed by atoms with van der Waals surface area (Å²) in [4.78, 5) is 0. The number of para-hydroxylation sites is 1. The highest BCUT2D eigenvalue weighted by Crippen LogP contribution is 2.18. The van der Waals surface area contributed by atoms with Gasteiger partial charge >= 0.3 is 0 Å². The van der Waals surface area contributed by atoms with Gasteiger partial charge in [0.15, 0.2) is 0 Å². The minimum Gasteiger partial charge on any atom is -0.385 e. The summed E-state index contributed by atoms with van der Waals surface area (Å²) in [6.45, 7) is 7.96. The second-order valence-electron chi connectivity index (χ2n) is 5.56. The average molecular weight is 275 g/mol. The van der Waals surface area contributed by atoms with Crippen molar-refractivity contribution in [1.29, 1.82) is 0 Å². The van der Waals surface area contributed by atoms with E-state index < -0.39 is 0 Å². The molecule has 0 fully saturated rings. The van der Waals surface area contributed by atoms with Crippen molar-refractivity contribution in [2.24, 2.45) is 5.92 Å². The molecule has 1 aromatic carbocycles. The zero-order valence-corrected chi connectivity index (χ0v) is 12.7. The highest BCUT2D eigenvalue weighted by atomic mass is 16.5. The first-order valence-electron chi connectivity index (χ1n) is 7.36. The number of nitrogens with zero attached hydrogens (tertiary/aromatic N) is 2. The lowest BCUT2D eigenvalue weighted by molar-refractivity contribution is 0.189. The predicted molar refractivity (Wildman–Crippen MR) is 82.8 cm³/mol. The minimum atomic E-state index is 0.657. The molecule has 0 amide bonds. The van der Waals surface area contributed by atoms with Crippen LogP contribution < -0.4 is 5.32 Å². The molecule has 0 saturated heterocycles. The van der Waals surface area contributed by atoms with Gasteiger partial charge in [0.1, 0.15) is 0 Å². The van der Waals surface area contributed by atoms with Crippen LogP contribution in [0, 0.1) is 5.92 Å². The van der Waals surface area contributed by atoms with Crippen molar-refractivity contribution in [3.8, 4) is 0 Å². The number of ether oxygens (including phenoxy) is 1. The van der Waals surface area contributed by atoms with Gasteiger partial charge in [0.05, 0.1) is 11.2 Å². The van der Waals surface area contributed by atoms with Crippen LogP contribution in [-0.2, 0) is 17.8 Å². The standard InChI is InChI=1S/C16H25N3O/c1-13(2)11-17-12-15-14-7-4-5-8-16(14)19(18-15)9-6-10-20-3/h4-5,7-8,13,17H,6,9-12H2,1-3H3. The molecule has 20 heavy (non-hydrogen) atoms. The van der Waals surface area contributed by atoms with Gasteiger partial charge in [-0.1, -0.05) is 32.0 Å². The van der Waals surface area contributed by atoms with Crippen LogP contribution in [0.1, 0.15) is 26.0 Å². The molecule has 1 N–H and O–H groups in total. The van der Waals surface area contributed by atoms with Gasteiger partial charge in [-0.3, -0.25) is 4.68 Å². The van der Waals surface area contributed by atoms with Gasteiger partial charge in [0.2, 0.25) is 0 Å². The van der Waals surface area contributed by atoms with Crippen molar-refractivity contribution in [3.05, 3.63) is 30.0 Å². The van der Waals surface area contributed by atoms with E-state index in [1.807, 2.05) is 0 Å². The number of methoxy groups -OCH3 is 1. The van der Waals surface area contributed by atoms with Crippen LogP contribution in [0.15, 0.2) is 24.3 Å². The van der Waals surface area contributed by atoms with Crippen molar-refractivity contribution < 1.29 is 4.74 Å². The highest BCUT2D eigenvalue weighted by molar-refractivity contribution is 5.81. The summed E-state index contributed by atoms with van der Waals surface area (Å²) in [7, 11) is 1.74. The maximum atomic E-state index is 5.12. The minimum absolute atomic E-state index is 0.657. The molecule has 1 aromatic heterocycles. The zero-order chi connectivity index (χ0) is 14.4. The molecule has 0 aliphatic rings. The second-order valence-corrected chi connectivity index (χ2v) is 5.56. The van der Waals surface area contributed by atoms with Crippen molar-refractivity contribution in [2.45, 2.75) is 33.4 Å². The average Bonchev–Trinajstić information content (AvgIpc) is 2.78. The Morgan fingerprint density at radius 1 is 1.30 bits per heavy atom. The number of rotatable bonds is 8. The lowest BCUT2D eigenvalue weighted by atomic mass is 10.2. The Morgan fingerprint density at radius 2 is 2.10 bits per heavy atom. The Kier molecular flexibility index (Phi) is 5.56. The Labute approximate surface area is 121 Å². The molecular weight excluding hydrogens is 250 g/mol. The third-order valence-corrected chi connectivity index (χ3v) is 3.30. The number of hydrogen-bond donors (Lipinski definition) is 1. The van der Waals surface area contributed by atoms with Crippen LogP contribution in [0.25, 0.3) is 10.9 Å². The third-order valence-electron chi connectivity index (χ3n) is 3.30. The zero-order valence-electron chi connectivity index (χ0n) is 12.7. The molecule has 0 aliphatic carbocycles. The van der Waals surface area contributed by atoms with E-state index >= 15 is 0 Å². The van der Waals surface area contributed by atoms with Crippen LogP contribution in [0.4, 0.5) is 0 Å². The van der Waals surface area contributed by atoms with Crippen molar-refractivity contribution in [1.82, 2.24) is 15.1 Å². The van der Waals surface area contributed by atoms with E-state index in [1.54, 1.807) is 7.11 Å². The maximum absolute atomic E-state index is 5.12. The number of aryl methyl sites for hydroxylation is 1. The van der Waals surface area contributed by atoms with Gasteiger partial charge < -0.3 is 10.1 Å². The van der Waals surface area contributed by atoms with Gasteiger partial charge in [0, 0.05) is 32.2 Å². The molecule has 0 unspecified atom stereocenters. The molecule has 0 bridgehead atoms. The number of benzene rings is 1. The molecule has 0 radical (unpaired) electrons. The first-order chi connectivity index (χ1) is 9.72. The van der Waals surface area contributed by atoms with E-state index in [0.29, 0.717) is 5.92 Å². The lowest BCUT2D eigenvalue weighted by Crippen LogP contribution is -2.19. The fourth-order valence-corrected chi connectivity index (χ4v) is 2.34. The normalized spacial score (nSPS) is 11.6. The van der Waals surface area contributed by atoms with Gasteiger partial charge in [-0.2, -0.15) is 5.10 Å². The second kappa shape index (κ2) is 7.41. The van der Waals surface area contributed by atoms with Gasteiger partial charge in [0.25, 0.3) is 0 Å². The molecule has 4 nitrogen and oxygen atoms in total. The van der Waals surface area contributed by atoms with Crippen LogP contribution >= 0.6 is 0 Å². The topological polar surface area (TPSA) is 39.1 Å². The summed E-state index contributed by atoms with van der Waals surface area (Å²) in [6, 6.07) is 8.44. The largest absolute Gasteiger partial charge is 0.385 e. The molecule has 0 saturated carbocycles. The Hall–Kier alpha value is -1.39. The SMILES string of the molecule is COCCCn1nc(CNCC(C)C)c2ccccc21. The Morgan fingerprint density at radius 3 is 2.85 bits per heavy atom. The monoisotopic (exact) mass is 275 g/mol. The molecule has 0 aliphatic heterocycles. The molecule has 1 heterocycles. The molecule has 2 aromatic rings. The smallest absolute Gasteiger partial charge is 0.0841 e. The predicted octanol–water partition coefficient (Wildman–Crippen LogP) is 2.82. The van der Waals surface area contributed by atoms with E-state index in [-0.39, 0.29) is 0 Å². The Balaban J connectivity index is 2.13. The molecule has 4 heteroatoms. The highest BCUT2D eigenvalue weighted by Gasteiger charge is 2.09. The van der Waals surface area contributed by atoms with E-state index in [4.69, 9.17) is 9.84 Å². The van der Waals surface area contributed by atoms with Crippen molar-refractivity contribution in [3.63, 3.8) is 0 Å². The number of fused-ring (bicyclic) bond motifs is 1. The number of hydrogen-bond acceptors (Lipinski definition) is 3. The summed E-state index contributed by atoms with van der Waals surface area (Å²) in [5.41, 5.74) is 2.35. The summed E-state index contributed by atoms with van der Waals surface area (Å²) >= 11 is 0. The summed E-state index contributed by atoms with van der Waals surface area (Å²) in [5.74, 6) is 0.657. The van der Waals surface area contributed by atoms with E-state index in [1.165, 1.54) is 10.9 Å². The molecular formula is C16H25N3O. The Bertz CT molecular complexity index is 534. The van der Waals surface area contributed by atoms with Gasteiger partial charge in [-0.05, 0) is 24.9 Å². The van der Waals surface area contributed by atoms with Crippen LogP contribution in [-0.4, -0.2) is 30.0 Å². The van der Waals surface area contributed by atoms with Crippen LogP contribution in [0.2, 0.25) is 0 Å². The summed E-state index contributed by atoms with van der Waals surface area (Å²) < 4.78 is 7.22. The van der Waals surface area contributed by atoms with Gasteiger partial charge in [-0.25, -0.2) is 0 Å². The summed E-state index contributed by atoms with van der Waals surface area (Å²) in [6.07, 6.45) is 0.987. The molecule has 0 spiro atoms.